The Morgan fingerprint density at radius 3 is 2.29 bits per heavy atom. The molecule has 0 bridgehead atoms. The van der Waals surface area contributed by atoms with Crippen molar-refractivity contribution in [1.82, 2.24) is 15.3 Å². The summed E-state index contributed by atoms with van der Waals surface area (Å²) >= 11 is 0. The second-order valence-electron chi connectivity index (χ2n) is 6.71. The van der Waals surface area contributed by atoms with E-state index in [0.717, 1.165) is 28.2 Å². The summed E-state index contributed by atoms with van der Waals surface area (Å²) in [5.41, 5.74) is 2.58. The number of para-hydroxylation sites is 1. The summed E-state index contributed by atoms with van der Waals surface area (Å²) in [6.45, 7) is 4.13. The molecule has 0 saturated heterocycles. The van der Waals surface area contributed by atoms with Crippen LogP contribution in [0.2, 0.25) is 0 Å². The standard InChI is InChI=1S/C18H18F3N3.C2HF3O2/c1-11-7-17(18(19,20)21)23-10-14(11)9-22-12(2)16-8-13-5-3-4-6-15(13)24-16;3-2(4,5)1(6)7/h3-8,10,12,22,24H,9H2,1-2H3;(H,6,7). The lowest BCUT2D eigenvalue weighted by atomic mass is 10.1. The summed E-state index contributed by atoms with van der Waals surface area (Å²) in [7, 11) is 0. The normalized spacial score (nSPS) is 12.9. The number of aryl methyl sites for hydroxylation is 1. The zero-order valence-electron chi connectivity index (χ0n) is 16.4. The van der Waals surface area contributed by atoms with Crippen molar-refractivity contribution >= 4 is 16.9 Å². The zero-order chi connectivity index (χ0) is 23.4. The van der Waals surface area contributed by atoms with E-state index in [-0.39, 0.29) is 6.04 Å². The van der Waals surface area contributed by atoms with Crippen LogP contribution in [0.4, 0.5) is 26.3 Å². The van der Waals surface area contributed by atoms with Crippen molar-refractivity contribution < 1.29 is 36.2 Å². The Kier molecular flexibility index (Phi) is 7.32. The van der Waals surface area contributed by atoms with Crippen LogP contribution < -0.4 is 5.32 Å². The quantitative estimate of drug-likeness (QED) is 0.470. The average molecular weight is 447 g/mol. The Labute approximate surface area is 173 Å². The van der Waals surface area contributed by atoms with E-state index in [1.165, 1.54) is 6.20 Å². The molecule has 11 heteroatoms. The highest BCUT2D eigenvalue weighted by atomic mass is 19.4. The Balaban J connectivity index is 0.000000423. The van der Waals surface area contributed by atoms with Crippen LogP contribution in [0.3, 0.4) is 0 Å². The lowest BCUT2D eigenvalue weighted by Crippen LogP contribution is -2.21. The number of carbonyl (C=O) groups is 1. The van der Waals surface area contributed by atoms with Crippen molar-refractivity contribution in [2.24, 2.45) is 0 Å². The van der Waals surface area contributed by atoms with Crippen LogP contribution in [0.15, 0.2) is 42.6 Å². The molecule has 31 heavy (non-hydrogen) atoms. The molecule has 0 aliphatic rings. The van der Waals surface area contributed by atoms with Gasteiger partial charge in [-0.05, 0) is 48.6 Å². The molecule has 2 aromatic heterocycles. The summed E-state index contributed by atoms with van der Waals surface area (Å²) in [4.78, 5) is 15.8. The number of nitrogens with zero attached hydrogens (tertiary/aromatic N) is 1. The molecule has 0 spiro atoms. The fraction of sp³-hybridized carbons (Fsp3) is 0.300. The third kappa shape index (κ3) is 6.71. The molecule has 168 valence electrons. The summed E-state index contributed by atoms with van der Waals surface area (Å²) in [6, 6.07) is 11.2. The number of carboxylic acid groups (broad SMARTS) is 1. The van der Waals surface area contributed by atoms with Crippen molar-refractivity contribution in [1.29, 1.82) is 0 Å². The van der Waals surface area contributed by atoms with Crippen molar-refractivity contribution in [3.05, 3.63) is 65.1 Å². The average Bonchev–Trinajstić information content (AvgIpc) is 3.10. The van der Waals surface area contributed by atoms with Gasteiger partial charge >= 0.3 is 18.3 Å². The summed E-state index contributed by atoms with van der Waals surface area (Å²) < 4.78 is 69.7. The molecule has 1 unspecified atom stereocenters. The highest BCUT2D eigenvalue weighted by Gasteiger charge is 2.38. The highest BCUT2D eigenvalue weighted by molar-refractivity contribution is 5.80. The number of nitrogens with one attached hydrogen (secondary N) is 2. The van der Waals surface area contributed by atoms with E-state index in [2.05, 4.69) is 21.4 Å². The van der Waals surface area contributed by atoms with E-state index in [9.17, 15) is 26.3 Å². The molecule has 0 radical (unpaired) electrons. The number of carboxylic acids is 1. The lowest BCUT2D eigenvalue weighted by Gasteiger charge is -2.14. The number of aromatic nitrogens is 2. The first-order valence-corrected chi connectivity index (χ1v) is 8.93. The number of aromatic amines is 1. The topological polar surface area (TPSA) is 78.0 Å². The number of rotatable bonds is 4. The van der Waals surface area contributed by atoms with Crippen LogP contribution in [0, 0.1) is 6.92 Å². The van der Waals surface area contributed by atoms with Crippen LogP contribution >= 0.6 is 0 Å². The summed E-state index contributed by atoms with van der Waals surface area (Å²) in [6.07, 6.45) is -8.20. The van der Waals surface area contributed by atoms with Gasteiger partial charge in [-0.25, -0.2) is 4.79 Å². The van der Waals surface area contributed by atoms with Crippen molar-refractivity contribution in [3.63, 3.8) is 0 Å². The van der Waals surface area contributed by atoms with Gasteiger partial charge < -0.3 is 15.4 Å². The minimum absolute atomic E-state index is 0.0408. The largest absolute Gasteiger partial charge is 0.490 e. The fourth-order valence-corrected chi connectivity index (χ4v) is 2.63. The van der Waals surface area contributed by atoms with Gasteiger partial charge in [-0.2, -0.15) is 26.3 Å². The van der Waals surface area contributed by atoms with E-state index >= 15 is 0 Å². The molecule has 0 fully saturated rings. The van der Waals surface area contributed by atoms with Crippen molar-refractivity contribution in [2.45, 2.75) is 38.8 Å². The second kappa shape index (κ2) is 9.38. The number of alkyl halides is 6. The highest BCUT2D eigenvalue weighted by Crippen LogP contribution is 2.28. The molecule has 0 amide bonds. The molecule has 3 rings (SSSR count). The SMILES string of the molecule is Cc1cc(C(F)(F)F)ncc1CNC(C)c1cc2ccccc2[nH]1.O=C(O)C(F)(F)F. The van der Waals surface area contributed by atoms with Crippen molar-refractivity contribution in [2.75, 3.05) is 0 Å². The molecule has 3 aromatic rings. The van der Waals surface area contributed by atoms with Gasteiger partial charge in [-0.1, -0.05) is 18.2 Å². The minimum Gasteiger partial charge on any atom is -0.475 e. The summed E-state index contributed by atoms with van der Waals surface area (Å²) in [5.74, 6) is -2.76. The molecule has 1 atom stereocenters. The number of aliphatic carboxylic acids is 1. The Hall–Kier alpha value is -3.08. The molecule has 2 heterocycles. The van der Waals surface area contributed by atoms with Crippen LogP contribution in [-0.4, -0.2) is 27.2 Å². The van der Waals surface area contributed by atoms with E-state index in [4.69, 9.17) is 9.90 Å². The molecular weight excluding hydrogens is 428 g/mol. The molecule has 0 aliphatic carbocycles. The predicted octanol–water partition coefficient (Wildman–Crippen LogP) is 5.37. The maximum Gasteiger partial charge on any atom is 0.490 e. The van der Waals surface area contributed by atoms with Gasteiger partial charge in [-0.15, -0.1) is 0 Å². The van der Waals surface area contributed by atoms with Gasteiger partial charge in [0.2, 0.25) is 0 Å². The van der Waals surface area contributed by atoms with E-state index in [1.54, 1.807) is 6.92 Å². The van der Waals surface area contributed by atoms with Gasteiger partial charge in [0, 0.05) is 30.0 Å². The number of halogens is 6. The van der Waals surface area contributed by atoms with Gasteiger partial charge in [0.25, 0.3) is 0 Å². The van der Waals surface area contributed by atoms with Crippen LogP contribution in [0.1, 0.15) is 35.5 Å². The Bertz CT molecular complexity index is 1010. The fourth-order valence-electron chi connectivity index (χ4n) is 2.63. The Morgan fingerprint density at radius 1 is 1.16 bits per heavy atom. The second-order valence-corrected chi connectivity index (χ2v) is 6.71. The number of hydrogen-bond acceptors (Lipinski definition) is 3. The third-order valence-electron chi connectivity index (χ3n) is 4.37. The predicted molar refractivity (Wildman–Crippen MR) is 101 cm³/mol. The zero-order valence-corrected chi connectivity index (χ0v) is 16.4. The van der Waals surface area contributed by atoms with Gasteiger partial charge in [-0.3, -0.25) is 4.98 Å². The number of H-pyrrole nitrogens is 1. The van der Waals surface area contributed by atoms with E-state index < -0.39 is 24.0 Å². The van der Waals surface area contributed by atoms with E-state index in [0.29, 0.717) is 12.1 Å². The number of pyridine rings is 1. The number of benzene rings is 1. The third-order valence-corrected chi connectivity index (χ3v) is 4.37. The van der Waals surface area contributed by atoms with Gasteiger partial charge in [0.15, 0.2) is 0 Å². The molecule has 1 aromatic carbocycles. The van der Waals surface area contributed by atoms with Gasteiger partial charge in [0.05, 0.1) is 0 Å². The number of fused-ring (bicyclic) bond motifs is 1. The monoisotopic (exact) mass is 447 g/mol. The smallest absolute Gasteiger partial charge is 0.475 e. The first-order valence-electron chi connectivity index (χ1n) is 8.93. The van der Waals surface area contributed by atoms with Crippen LogP contribution in [0.25, 0.3) is 10.9 Å². The van der Waals surface area contributed by atoms with Crippen LogP contribution in [-0.2, 0) is 17.5 Å². The van der Waals surface area contributed by atoms with Crippen molar-refractivity contribution in [3.8, 4) is 0 Å². The maximum absolute atomic E-state index is 12.7. The minimum atomic E-state index is -5.08. The first-order chi connectivity index (χ1) is 14.3. The van der Waals surface area contributed by atoms with Crippen LogP contribution in [0.5, 0.6) is 0 Å². The first kappa shape index (κ1) is 24.2. The molecular formula is C20H19F6N3O2. The van der Waals surface area contributed by atoms with E-state index in [1.807, 2.05) is 31.2 Å². The summed E-state index contributed by atoms with van der Waals surface area (Å²) in [5, 5.41) is 11.6. The van der Waals surface area contributed by atoms with Gasteiger partial charge in [0.1, 0.15) is 5.69 Å². The maximum atomic E-state index is 12.7. The molecule has 0 aliphatic heterocycles. The molecule has 3 N–H and O–H groups in total. The molecule has 5 nitrogen and oxygen atoms in total. The Morgan fingerprint density at radius 2 is 1.77 bits per heavy atom. The number of hydrogen-bond donors (Lipinski definition) is 3. The lowest BCUT2D eigenvalue weighted by molar-refractivity contribution is -0.192. The molecule has 0 saturated carbocycles.